The molecule has 3 N–H and O–H groups in total. The highest BCUT2D eigenvalue weighted by molar-refractivity contribution is 6.01. The molecule has 220 valence electrons. The van der Waals surface area contributed by atoms with Crippen molar-refractivity contribution in [2.75, 3.05) is 13.2 Å². The van der Waals surface area contributed by atoms with Gasteiger partial charge in [0.25, 0.3) is 5.91 Å². The van der Waals surface area contributed by atoms with Crippen molar-refractivity contribution in [3.63, 3.8) is 0 Å². The van der Waals surface area contributed by atoms with Gasteiger partial charge in [0.2, 0.25) is 11.5 Å². The van der Waals surface area contributed by atoms with Crippen molar-refractivity contribution in [3.8, 4) is 28.7 Å². The first kappa shape index (κ1) is 31.0. The van der Waals surface area contributed by atoms with Crippen LogP contribution in [0.5, 0.6) is 28.7 Å². The Morgan fingerprint density at radius 2 is 1.59 bits per heavy atom. The Labute approximate surface area is 238 Å². The number of hydrogen-bond acceptors (Lipinski definition) is 11. The number of ether oxygens (including phenoxy) is 4. The van der Waals surface area contributed by atoms with Crippen LogP contribution < -0.4 is 24.8 Å². The lowest BCUT2D eigenvalue weighted by Crippen LogP contribution is -2.42. The standard InChI is InChI=1S/C29H35N3O9/c1-18(2)32(19(3)4)29(36)22-16-23-27(28(26(22)35)40-25(34)13-12-24(33)39-23)38-15-7-5-6-14-37-21-10-8-20(9-11-21)17-31-41-30/h8-13,16-19,35H,5-7,14-15,30H2,1-4H3/b13-12-,31-17+. The fraction of sp³-hybridized carbons (Fsp3) is 0.379. The first-order valence-electron chi connectivity index (χ1n) is 13.2. The summed E-state index contributed by atoms with van der Waals surface area (Å²) in [6, 6.07) is 8.07. The largest absolute Gasteiger partial charge is 0.504 e. The summed E-state index contributed by atoms with van der Waals surface area (Å²) in [5.41, 5.74) is 0.624. The van der Waals surface area contributed by atoms with Gasteiger partial charge in [-0.1, -0.05) is 5.16 Å². The minimum absolute atomic E-state index is 0.146. The number of phenols is 1. The average molecular weight is 570 g/mol. The Morgan fingerprint density at radius 3 is 2.20 bits per heavy atom. The second-order valence-electron chi connectivity index (χ2n) is 9.67. The second-order valence-corrected chi connectivity index (χ2v) is 9.67. The molecule has 1 aliphatic rings. The number of esters is 2. The zero-order chi connectivity index (χ0) is 29.9. The van der Waals surface area contributed by atoms with Crippen LogP contribution in [-0.2, 0) is 14.5 Å². The van der Waals surface area contributed by atoms with E-state index in [4.69, 9.17) is 24.8 Å². The fourth-order valence-corrected chi connectivity index (χ4v) is 4.18. The van der Waals surface area contributed by atoms with E-state index in [0.29, 0.717) is 18.8 Å². The molecule has 0 saturated heterocycles. The fourth-order valence-electron chi connectivity index (χ4n) is 4.18. The minimum Gasteiger partial charge on any atom is -0.504 e. The SMILES string of the molecule is CC(C)N(C(=O)c1cc2c(OCCCCCOc3ccc(/C=N/ON)cc3)c(c1O)OC(=O)/C=C\C(=O)O2)C(C)C. The summed E-state index contributed by atoms with van der Waals surface area (Å²) >= 11 is 0. The van der Waals surface area contributed by atoms with Gasteiger partial charge in [0.15, 0.2) is 11.5 Å². The van der Waals surface area contributed by atoms with E-state index in [2.05, 4.69) is 10.1 Å². The van der Waals surface area contributed by atoms with E-state index in [9.17, 15) is 19.5 Å². The molecule has 0 saturated carbocycles. The highest BCUT2D eigenvalue weighted by atomic mass is 16.7. The maximum Gasteiger partial charge on any atom is 0.336 e. The van der Waals surface area contributed by atoms with Crippen molar-refractivity contribution in [1.82, 2.24) is 4.90 Å². The van der Waals surface area contributed by atoms with Gasteiger partial charge >= 0.3 is 11.9 Å². The topological polar surface area (TPSA) is 159 Å². The predicted octanol–water partition coefficient (Wildman–Crippen LogP) is 3.88. The zero-order valence-electron chi connectivity index (χ0n) is 23.5. The second kappa shape index (κ2) is 14.7. The van der Waals surface area contributed by atoms with Crippen LogP contribution in [0, 0.1) is 0 Å². The van der Waals surface area contributed by atoms with E-state index in [1.165, 1.54) is 12.3 Å². The molecule has 0 unspecified atom stereocenters. The third-order valence-electron chi connectivity index (χ3n) is 5.97. The lowest BCUT2D eigenvalue weighted by atomic mass is 10.1. The van der Waals surface area contributed by atoms with Gasteiger partial charge in [-0.15, -0.1) is 5.90 Å². The number of benzene rings is 2. The number of fused-ring (bicyclic) bond motifs is 2. The smallest absolute Gasteiger partial charge is 0.336 e. The van der Waals surface area contributed by atoms with Gasteiger partial charge in [-0.3, -0.25) is 4.79 Å². The van der Waals surface area contributed by atoms with Crippen LogP contribution >= 0.6 is 0 Å². The van der Waals surface area contributed by atoms with Crippen LogP contribution in [0.25, 0.3) is 0 Å². The van der Waals surface area contributed by atoms with E-state index >= 15 is 0 Å². The molecule has 1 aliphatic heterocycles. The Bertz CT molecular complexity index is 1280. The van der Waals surface area contributed by atoms with Crippen LogP contribution in [0.1, 0.15) is 62.9 Å². The number of phenolic OH excluding ortho intramolecular Hbond substituents is 1. The number of nitrogens with two attached hydrogens (primary N) is 1. The number of oxime groups is 1. The number of carbonyl (C=O) groups is 3. The van der Waals surface area contributed by atoms with Gasteiger partial charge in [-0.05, 0) is 76.8 Å². The average Bonchev–Trinajstić information content (AvgIpc) is 2.96. The van der Waals surface area contributed by atoms with Gasteiger partial charge in [0, 0.05) is 30.3 Å². The first-order valence-corrected chi connectivity index (χ1v) is 13.2. The Kier molecular flexibility index (Phi) is 11.1. The molecule has 12 heteroatoms. The van der Waals surface area contributed by atoms with Crippen molar-refractivity contribution in [2.24, 2.45) is 11.1 Å². The van der Waals surface area contributed by atoms with E-state index in [0.717, 1.165) is 30.6 Å². The van der Waals surface area contributed by atoms with Crippen molar-refractivity contribution in [1.29, 1.82) is 0 Å². The molecule has 3 rings (SSSR count). The molecule has 12 nitrogen and oxygen atoms in total. The van der Waals surface area contributed by atoms with Crippen molar-refractivity contribution >= 4 is 24.1 Å². The van der Waals surface area contributed by atoms with Crippen LogP contribution in [0.15, 0.2) is 47.6 Å². The third-order valence-corrected chi connectivity index (χ3v) is 5.97. The number of nitrogens with zero attached hydrogens (tertiary/aromatic N) is 2. The van der Waals surface area contributed by atoms with Crippen molar-refractivity contribution in [2.45, 2.75) is 59.0 Å². The molecule has 2 bridgehead atoms. The molecule has 0 radical (unpaired) electrons. The summed E-state index contributed by atoms with van der Waals surface area (Å²) in [5, 5.41) is 14.5. The van der Waals surface area contributed by atoms with Crippen LogP contribution in [-0.4, -0.2) is 59.4 Å². The number of carbonyl (C=O) groups excluding carboxylic acids is 3. The third kappa shape index (κ3) is 8.45. The molecule has 2 aromatic carbocycles. The number of aromatic hydroxyl groups is 1. The van der Waals surface area contributed by atoms with E-state index in [-0.39, 0.29) is 35.8 Å². The highest BCUT2D eigenvalue weighted by Crippen LogP contribution is 2.47. The molecule has 0 fully saturated rings. The first-order chi connectivity index (χ1) is 19.6. The molecular weight excluding hydrogens is 534 g/mol. The van der Waals surface area contributed by atoms with Gasteiger partial charge in [0.1, 0.15) is 5.75 Å². The number of hydrogen-bond donors (Lipinski definition) is 2. The molecule has 0 atom stereocenters. The lowest BCUT2D eigenvalue weighted by molar-refractivity contribution is -0.131. The number of rotatable bonds is 13. The zero-order valence-corrected chi connectivity index (χ0v) is 23.5. The maximum atomic E-state index is 13.4. The molecular formula is C29H35N3O9. The summed E-state index contributed by atoms with van der Waals surface area (Å²) in [6.07, 6.45) is 5.26. The summed E-state index contributed by atoms with van der Waals surface area (Å²) in [7, 11) is 0. The molecule has 0 spiro atoms. The molecule has 1 amide bonds. The van der Waals surface area contributed by atoms with Crippen LogP contribution in [0.3, 0.4) is 0 Å². The monoisotopic (exact) mass is 569 g/mol. The predicted molar refractivity (Wildman–Crippen MR) is 149 cm³/mol. The van der Waals surface area contributed by atoms with Crippen LogP contribution in [0.4, 0.5) is 0 Å². The van der Waals surface area contributed by atoms with E-state index < -0.39 is 29.3 Å². The lowest BCUT2D eigenvalue weighted by Gasteiger charge is -2.31. The highest BCUT2D eigenvalue weighted by Gasteiger charge is 2.32. The maximum absolute atomic E-state index is 13.4. The summed E-state index contributed by atoms with van der Waals surface area (Å²) in [6.45, 7) is 7.96. The van der Waals surface area contributed by atoms with Crippen molar-refractivity contribution in [3.05, 3.63) is 53.6 Å². The quantitative estimate of drug-likeness (QED) is 0.119. The van der Waals surface area contributed by atoms with Crippen molar-refractivity contribution < 1.29 is 43.4 Å². The van der Waals surface area contributed by atoms with Gasteiger partial charge in [-0.2, -0.15) is 0 Å². The van der Waals surface area contributed by atoms with Gasteiger partial charge in [-0.25, -0.2) is 9.59 Å². The Morgan fingerprint density at radius 1 is 0.976 bits per heavy atom. The van der Waals surface area contributed by atoms with Gasteiger partial charge in [0.05, 0.1) is 25.0 Å². The normalized spacial score (nSPS) is 13.7. The van der Waals surface area contributed by atoms with E-state index in [1.54, 1.807) is 17.0 Å². The molecule has 41 heavy (non-hydrogen) atoms. The summed E-state index contributed by atoms with van der Waals surface area (Å²) in [4.78, 5) is 43.7. The molecule has 1 heterocycles. The minimum atomic E-state index is -0.936. The van der Waals surface area contributed by atoms with Gasteiger partial charge < -0.3 is 33.9 Å². The summed E-state index contributed by atoms with van der Waals surface area (Å²) < 4.78 is 22.3. The Balaban J connectivity index is 1.68. The molecule has 2 aromatic rings. The van der Waals surface area contributed by atoms with E-state index in [1.807, 2.05) is 39.8 Å². The molecule has 0 aromatic heterocycles. The summed E-state index contributed by atoms with van der Waals surface area (Å²) in [5.74, 6) is 1.97. The molecule has 0 aliphatic carbocycles. The number of unbranched alkanes of at least 4 members (excludes halogenated alkanes) is 2. The Hall–Kier alpha value is -4.58. The number of amides is 1. The van der Waals surface area contributed by atoms with Crippen LogP contribution in [0.2, 0.25) is 0 Å².